The second kappa shape index (κ2) is 3.19. The van der Waals surface area contributed by atoms with E-state index in [1.165, 1.54) is 19.5 Å². The van der Waals surface area contributed by atoms with Crippen LogP contribution in [-0.4, -0.2) is 22.0 Å². The summed E-state index contributed by atoms with van der Waals surface area (Å²) in [5, 5.41) is 0. The van der Waals surface area contributed by atoms with E-state index in [1.807, 2.05) is 0 Å². The monoisotopic (exact) mass is 239 g/mol. The van der Waals surface area contributed by atoms with Crippen LogP contribution in [0.1, 0.15) is 20.3 Å². The van der Waals surface area contributed by atoms with E-state index in [0.29, 0.717) is 0 Å². The van der Waals surface area contributed by atoms with Gasteiger partial charge in [0.15, 0.2) is 0 Å². The van der Waals surface area contributed by atoms with Gasteiger partial charge in [-0.25, -0.2) is 0 Å². The number of nitrogens with zero attached hydrogens (tertiary/aromatic N) is 1. The largest absolute Gasteiger partial charge is 0.292 e. The van der Waals surface area contributed by atoms with Gasteiger partial charge in [0.1, 0.15) is 0 Å². The summed E-state index contributed by atoms with van der Waals surface area (Å²) >= 11 is 2.48. The lowest BCUT2D eigenvalue weighted by Crippen LogP contribution is -2.25. The van der Waals surface area contributed by atoms with Gasteiger partial charge in [-0.2, -0.15) is 0 Å². The van der Waals surface area contributed by atoms with Crippen LogP contribution in [0.4, 0.5) is 0 Å². The third-order valence-corrected chi connectivity index (χ3v) is 2.75. The third-order valence-electron chi connectivity index (χ3n) is 1.96. The summed E-state index contributed by atoms with van der Waals surface area (Å²) in [6, 6.07) is 0. The van der Waals surface area contributed by atoms with Crippen molar-refractivity contribution in [3.8, 4) is 0 Å². The van der Waals surface area contributed by atoms with Crippen LogP contribution in [0.25, 0.3) is 0 Å². The highest BCUT2D eigenvalue weighted by Crippen LogP contribution is 2.19. The smallest absolute Gasteiger partial charge is 0.0590 e. The van der Waals surface area contributed by atoms with Crippen molar-refractivity contribution in [2.24, 2.45) is 5.92 Å². The number of rotatable bonds is 1. The van der Waals surface area contributed by atoms with Crippen molar-refractivity contribution >= 4 is 22.6 Å². The summed E-state index contributed by atoms with van der Waals surface area (Å²) in [4.78, 5) is 2.53. The molecule has 0 saturated carbocycles. The molecule has 1 aliphatic rings. The Morgan fingerprint density at radius 2 is 2.33 bits per heavy atom. The summed E-state index contributed by atoms with van der Waals surface area (Å²) in [6.45, 7) is 7.22. The molecule has 0 N–H and O–H groups in total. The number of likely N-dealkylation sites (tertiary alicyclic amines) is 1. The highest BCUT2D eigenvalue weighted by molar-refractivity contribution is 14.1. The van der Waals surface area contributed by atoms with E-state index < -0.39 is 0 Å². The van der Waals surface area contributed by atoms with E-state index in [1.54, 1.807) is 0 Å². The maximum atomic E-state index is 2.53. The second-order valence-corrected chi connectivity index (χ2v) is 4.77. The highest BCUT2D eigenvalue weighted by Gasteiger charge is 2.20. The quantitative estimate of drug-likeness (QED) is 0.385. The molecule has 0 radical (unpaired) electrons. The fourth-order valence-corrected chi connectivity index (χ4v) is 1.80. The van der Waals surface area contributed by atoms with E-state index in [2.05, 4.69) is 41.3 Å². The fraction of sp³-hybridized carbons (Fsp3) is 1.00. The summed E-state index contributed by atoms with van der Waals surface area (Å²) in [5.41, 5.74) is 0. The molecule has 0 aromatic carbocycles. The number of halogens is 1. The first kappa shape index (κ1) is 7.79. The van der Waals surface area contributed by atoms with Gasteiger partial charge in [-0.05, 0) is 25.8 Å². The van der Waals surface area contributed by atoms with Gasteiger partial charge in [-0.3, -0.25) is 4.90 Å². The van der Waals surface area contributed by atoms with E-state index in [4.69, 9.17) is 0 Å². The standard InChI is InChI=1S/C7H14IN/c1-6-3-4-9(5-6)7(2)8/h6-7H,3-5H2,1-2H3. The molecule has 2 unspecified atom stereocenters. The zero-order chi connectivity index (χ0) is 6.85. The molecule has 1 aliphatic heterocycles. The average Bonchev–Trinajstić information content (AvgIpc) is 2.14. The average molecular weight is 239 g/mol. The highest BCUT2D eigenvalue weighted by atomic mass is 127. The third kappa shape index (κ3) is 2.08. The van der Waals surface area contributed by atoms with Gasteiger partial charge in [-0.1, -0.05) is 29.5 Å². The maximum Gasteiger partial charge on any atom is 0.0590 e. The van der Waals surface area contributed by atoms with Gasteiger partial charge in [0.2, 0.25) is 0 Å². The van der Waals surface area contributed by atoms with Crippen LogP contribution in [0.2, 0.25) is 0 Å². The molecule has 1 fully saturated rings. The lowest BCUT2D eigenvalue weighted by atomic mass is 10.2. The van der Waals surface area contributed by atoms with E-state index in [9.17, 15) is 0 Å². The minimum absolute atomic E-state index is 0.729. The van der Waals surface area contributed by atoms with Crippen LogP contribution in [0.15, 0.2) is 0 Å². The molecular formula is C7H14IN. The lowest BCUT2D eigenvalue weighted by Gasteiger charge is -2.17. The predicted molar refractivity (Wildman–Crippen MR) is 48.8 cm³/mol. The molecule has 0 aromatic rings. The molecule has 1 heterocycles. The van der Waals surface area contributed by atoms with Crippen molar-refractivity contribution in [2.75, 3.05) is 13.1 Å². The molecule has 2 atom stereocenters. The van der Waals surface area contributed by atoms with Crippen LogP contribution in [0.5, 0.6) is 0 Å². The van der Waals surface area contributed by atoms with Crippen LogP contribution in [-0.2, 0) is 0 Å². The van der Waals surface area contributed by atoms with Gasteiger partial charge in [0.25, 0.3) is 0 Å². The van der Waals surface area contributed by atoms with E-state index in [0.717, 1.165) is 9.97 Å². The van der Waals surface area contributed by atoms with Gasteiger partial charge >= 0.3 is 0 Å². The van der Waals surface area contributed by atoms with Crippen molar-refractivity contribution in [2.45, 2.75) is 24.3 Å². The van der Waals surface area contributed by atoms with Crippen LogP contribution in [0, 0.1) is 5.92 Å². The Morgan fingerprint density at radius 1 is 1.67 bits per heavy atom. The van der Waals surface area contributed by atoms with Crippen LogP contribution < -0.4 is 0 Å². The normalized spacial score (nSPS) is 33.0. The van der Waals surface area contributed by atoms with Crippen molar-refractivity contribution in [1.29, 1.82) is 0 Å². The SMILES string of the molecule is CC1CCN(C(C)I)C1. The first-order valence-electron chi connectivity index (χ1n) is 3.58. The van der Waals surface area contributed by atoms with Gasteiger partial charge in [0.05, 0.1) is 4.05 Å². The molecule has 1 saturated heterocycles. The summed E-state index contributed by atoms with van der Waals surface area (Å²) < 4.78 is 0.729. The maximum absolute atomic E-state index is 2.53. The first-order chi connectivity index (χ1) is 4.20. The van der Waals surface area contributed by atoms with Gasteiger partial charge in [-0.15, -0.1) is 0 Å². The Morgan fingerprint density at radius 3 is 2.56 bits per heavy atom. The van der Waals surface area contributed by atoms with Crippen molar-refractivity contribution in [1.82, 2.24) is 4.90 Å². The Labute approximate surface area is 70.9 Å². The minimum atomic E-state index is 0.729. The molecule has 0 amide bonds. The van der Waals surface area contributed by atoms with Gasteiger partial charge in [0, 0.05) is 6.54 Å². The molecule has 0 aliphatic carbocycles. The summed E-state index contributed by atoms with van der Waals surface area (Å²) in [6.07, 6.45) is 1.40. The Kier molecular flexibility index (Phi) is 2.76. The van der Waals surface area contributed by atoms with E-state index in [-0.39, 0.29) is 0 Å². The second-order valence-electron chi connectivity index (χ2n) is 2.96. The van der Waals surface area contributed by atoms with Crippen molar-refractivity contribution in [3.63, 3.8) is 0 Å². The van der Waals surface area contributed by atoms with Crippen molar-refractivity contribution < 1.29 is 0 Å². The minimum Gasteiger partial charge on any atom is -0.292 e. The lowest BCUT2D eigenvalue weighted by molar-refractivity contribution is 0.333. The summed E-state index contributed by atoms with van der Waals surface area (Å²) in [5.74, 6) is 0.933. The molecular weight excluding hydrogens is 225 g/mol. The Hall–Kier alpha value is 0.690. The molecule has 2 heteroatoms. The zero-order valence-corrected chi connectivity index (χ0v) is 8.26. The summed E-state index contributed by atoms with van der Waals surface area (Å²) in [7, 11) is 0. The molecule has 0 bridgehead atoms. The van der Waals surface area contributed by atoms with Crippen molar-refractivity contribution in [3.05, 3.63) is 0 Å². The number of alkyl halides is 1. The van der Waals surface area contributed by atoms with Crippen LogP contribution in [0.3, 0.4) is 0 Å². The van der Waals surface area contributed by atoms with E-state index >= 15 is 0 Å². The first-order valence-corrected chi connectivity index (χ1v) is 4.83. The molecule has 0 aromatic heterocycles. The Balaban J connectivity index is 2.30. The topological polar surface area (TPSA) is 3.24 Å². The van der Waals surface area contributed by atoms with Gasteiger partial charge < -0.3 is 0 Å². The fourth-order valence-electron chi connectivity index (χ4n) is 1.29. The molecule has 1 rings (SSSR count). The Bertz CT molecular complexity index is 92.9. The molecule has 0 spiro atoms. The molecule has 1 nitrogen and oxygen atoms in total. The molecule has 9 heavy (non-hydrogen) atoms. The zero-order valence-electron chi connectivity index (χ0n) is 6.10. The predicted octanol–water partition coefficient (Wildman–Crippen LogP) is 2.11. The number of hydrogen-bond acceptors (Lipinski definition) is 1. The number of hydrogen-bond donors (Lipinski definition) is 0. The molecule has 54 valence electrons. The van der Waals surface area contributed by atoms with Crippen LogP contribution >= 0.6 is 22.6 Å².